The average molecular weight is 691 g/mol. The molecule has 2 aromatic heterocycles. The van der Waals surface area contributed by atoms with Gasteiger partial charge in [-0.2, -0.15) is 0 Å². The zero-order chi connectivity index (χ0) is 36.1. The van der Waals surface area contributed by atoms with Gasteiger partial charge in [0.15, 0.2) is 12.2 Å². The van der Waals surface area contributed by atoms with Gasteiger partial charge in [-0.1, -0.05) is 24.3 Å². The average Bonchev–Trinajstić information content (AvgIpc) is 3.75. The number of nitrogens with zero attached hydrogens (tertiary/aromatic N) is 2. The summed E-state index contributed by atoms with van der Waals surface area (Å²) in [7, 11) is 0. The van der Waals surface area contributed by atoms with Crippen LogP contribution in [0.25, 0.3) is 0 Å². The lowest BCUT2D eigenvalue weighted by molar-refractivity contribution is -0.157. The summed E-state index contributed by atoms with van der Waals surface area (Å²) in [4.78, 5) is 23.8. The molecule has 0 aliphatic heterocycles. The molecule has 272 valence electrons. The monoisotopic (exact) mass is 690 g/mol. The highest BCUT2D eigenvalue weighted by molar-refractivity contribution is 5.75. The van der Waals surface area contributed by atoms with Crippen molar-refractivity contribution in [3.8, 4) is 11.5 Å². The topological polar surface area (TPSA) is 99.4 Å². The van der Waals surface area contributed by atoms with Gasteiger partial charge in [-0.05, 0) is 101 Å². The van der Waals surface area contributed by atoms with Crippen molar-refractivity contribution < 1.29 is 38.0 Å². The molecule has 2 atom stereocenters. The number of benzene rings is 2. The summed E-state index contributed by atoms with van der Waals surface area (Å²) in [5, 5.41) is 0. The Bertz CT molecular complexity index is 1490. The first-order valence-electron chi connectivity index (χ1n) is 17.5. The minimum absolute atomic E-state index is 0.313. The molecule has 0 saturated heterocycles. The number of aryl methyl sites for hydroxylation is 2. The molecule has 0 bridgehead atoms. The van der Waals surface area contributed by atoms with Gasteiger partial charge in [0.05, 0.1) is 26.3 Å². The molecule has 0 fully saturated rings. The number of aromatic nitrogens is 2. The van der Waals surface area contributed by atoms with Gasteiger partial charge in [0.2, 0.25) is 0 Å². The van der Waals surface area contributed by atoms with Crippen molar-refractivity contribution in [2.75, 3.05) is 39.6 Å². The van der Waals surface area contributed by atoms with Crippen molar-refractivity contribution in [3.05, 3.63) is 108 Å². The minimum Gasteiger partial charge on any atom is -0.492 e. The quantitative estimate of drug-likeness (QED) is 0.0938. The molecule has 0 saturated carbocycles. The van der Waals surface area contributed by atoms with Crippen molar-refractivity contribution in [2.45, 2.75) is 79.7 Å². The van der Waals surface area contributed by atoms with E-state index in [1.807, 2.05) is 86.9 Å². The van der Waals surface area contributed by atoms with Crippen LogP contribution in [0.4, 0.5) is 0 Å². The predicted molar refractivity (Wildman–Crippen MR) is 194 cm³/mol. The Labute approximate surface area is 297 Å². The Kier molecular flexibility index (Phi) is 17.7. The van der Waals surface area contributed by atoms with E-state index in [9.17, 15) is 9.59 Å². The lowest BCUT2D eigenvalue weighted by atomic mass is 10.1. The number of carbonyl (C=O) groups excluding carboxylic acids is 2. The molecule has 0 spiro atoms. The van der Waals surface area contributed by atoms with E-state index < -0.39 is 12.2 Å². The highest BCUT2D eigenvalue weighted by Gasteiger charge is 2.21. The van der Waals surface area contributed by atoms with Gasteiger partial charge >= 0.3 is 11.9 Å². The first kappa shape index (κ1) is 39.9. The highest BCUT2D eigenvalue weighted by Crippen LogP contribution is 2.17. The summed E-state index contributed by atoms with van der Waals surface area (Å²) in [6, 6.07) is 23.7. The first-order chi connectivity index (χ1) is 24.3. The Morgan fingerprint density at radius 3 is 1.40 bits per heavy atom. The molecule has 2 heterocycles. The van der Waals surface area contributed by atoms with Gasteiger partial charge in [-0.3, -0.25) is 0 Å². The maximum Gasteiger partial charge on any atom is 0.335 e. The summed E-state index contributed by atoms with van der Waals surface area (Å²) < 4.78 is 37.0. The van der Waals surface area contributed by atoms with Gasteiger partial charge in [0.1, 0.15) is 24.7 Å². The fourth-order valence-electron chi connectivity index (χ4n) is 5.26. The van der Waals surface area contributed by atoms with Crippen molar-refractivity contribution in [2.24, 2.45) is 0 Å². The fraction of sp³-hybridized carbons (Fsp3) is 0.450. The van der Waals surface area contributed by atoms with Crippen molar-refractivity contribution in [1.29, 1.82) is 0 Å². The van der Waals surface area contributed by atoms with Gasteiger partial charge in [0, 0.05) is 49.8 Å². The van der Waals surface area contributed by atoms with Crippen LogP contribution in [0.2, 0.25) is 0 Å². The minimum atomic E-state index is -0.564. The highest BCUT2D eigenvalue weighted by atomic mass is 16.6. The summed E-state index contributed by atoms with van der Waals surface area (Å²) in [6.07, 6.45) is 3.89. The third-order valence-corrected chi connectivity index (χ3v) is 7.81. The van der Waals surface area contributed by atoms with Gasteiger partial charge in [-0.25, -0.2) is 9.59 Å². The smallest absolute Gasteiger partial charge is 0.335 e. The number of hydrogen-bond donors (Lipinski definition) is 0. The molecule has 10 heteroatoms. The van der Waals surface area contributed by atoms with E-state index in [1.165, 1.54) is 11.4 Å². The van der Waals surface area contributed by atoms with Crippen LogP contribution < -0.4 is 9.47 Å². The van der Waals surface area contributed by atoms with Crippen LogP contribution in [0, 0.1) is 13.8 Å². The van der Waals surface area contributed by atoms with Gasteiger partial charge in [-0.15, -0.1) is 0 Å². The molecule has 2 aromatic carbocycles. The van der Waals surface area contributed by atoms with Crippen LogP contribution in [0.3, 0.4) is 0 Å². The predicted octanol–water partition coefficient (Wildman–Crippen LogP) is 6.77. The Hall–Kier alpha value is -4.54. The molecular weight excluding hydrogens is 636 g/mol. The van der Waals surface area contributed by atoms with E-state index in [4.69, 9.17) is 28.4 Å². The largest absolute Gasteiger partial charge is 0.492 e. The molecular formula is C40H54N2O8. The van der Waals surface area contributed by atoms with Crippen LogP contribution in [-0.4, -0.2) is 72.9 Å². The number of carbonyl (C=O) groups is 2. The molecule has 0 radical (unpaired) electrons. The van der Waals surface area contributed by atoms with Crippen molar-refractivity contribution in [1.82, 2.24) is 9.13 Å². The van der Waals surface area contributed by atoms with E-state index in [0.717, 1.165) is 35.7 Å². The lowest BCUT2D eigenvalue weighted by Crippen LogP contribution is -2.28. The van der Waals surface area contributed by atoms with Gasteiger partial charge < -0.3 is 37.6 Å². The SMILES string of the molecule is CCOC(=O)C(Cc1ccc(OCCn2c(C)ccc2C)cc1)OCC.CCOC(=O)C(Cc1ccc(OCCn2cccc2)cc1)OCC. The molecule has 0 N–H and O–H groups in total. The van der Waals surface area contributed by atoms with Crippen LogP contribution in [0.1, 0.15) is 50.2 Å². The van der Waals surface area contributed by atoms with E-state index in [0.29, 0.717) is 52.5 Å². The molecule has 50 heavy (non-hydrogen) atoms. The normalized spacial score (nSPS) is 12.0. The Morgan fingerprint density at radius 2 is 1.00 bits per heavy atom. The summed E-state index contributed by atoms with van der Waals surface area (Å²) in [6.45, 7) is 16.0. The Morgan fingerprint density at radius 1 is 0.580 bits per heavy atom. The van der Waals surface area contributed by atoms with Crippen LogP contribution in [0.5, 0.6) is 11.5 Å². The maximum atomic E-state index is 11.9. The number of hydrogen-bond acceptors (Lipinski definition) is 8. The molecule has 4 rings (SSSR count). The fourth-order valence-corrected chi connectivity index (χ4v) is 5.26. The molecule has 10 nitrogen and oxygen atoms in total. The van der Waals surface area contributed by atoms with E-state index in [1.54, 1.807) is 13.8 Å². The number of ether oxygens (including phenoxy) is 6. The molecule has 0 amide bonds. The second-order valence-electron chi connectivity index (χ2n) is 11.5. The summed E-state index contributed by atoms with van der Waals surface area (Å²) in [5.41, 5.74) is 4.50. The molecule has 4 aromatic rings. The maximum absolute atomic E-state index is 11.9. The lowest BCUT2D eigenvalue weighted by Gasteiger charge is -2.16. The van der Waals surface area contributed by atoms with Crippen LogP contribution >= 0.6 is 0 Å². The zero-order valence-corrected chi connectivity index (χ0v) is 30.5. The van der Waals surface area contributed by atoms with Crippen molar-refractivity contribution in [3.63, 3.8) is 0 Å². The zero-order valence-electron chi connectivity index (χ0n) is 30.5. The van der Waals surface area contributed by atoms with Gasteiger partial charge in [0.25, 0.3) is 0 Å². The number of esters is 2. The standard InChI is InChI=1S/C21H29NO4.C19H25NO4/c1-5-24-20(21(23)25-6-2)15-18-9-11-19(12-10-18)26-14-13-22-16(3)7-8-17(22)4;1-3-22-18(19(21)23-4-2)15-16-7-9-17(10-8-16)24-14-13-20-11-5-6-12-20/h7-12,20H,5-6,13-15H2,1-4H3;5-12,18H,3-4,13-15H2,1-2H3. The molecule has 2 unspecified atom stereocenters. The van der Waals surface area contributed by atoms with Crippen molar-refractivity contribution >= 4 is 11.9 Å². The summed E-state index contributed by atoms with van der Waals surface area (Å²) >= 11 is 0. The first-order valence-corrected chi connectivity index (χ1v) is 17.5. The van der Waals surface area contributed by atoms with Crippen LogP contribution in [-0.2, 0) is 54.5 Å². The molecule has 0 aliphatic rings. The Balaban J connectivity index is 0.000000271. The second kappa shape index (κ2) is 22.2. The molecule has 0 aliphatic carbocycles. The third kappa shape index (κ3) is 13.8. The van der Waals surface area contributed by atoms with E-state index in [2.05, 4.69) is 35.1 Å². The van der Waals surface area contributed by atoms with E-state index >= 15 is 0 Å². The second-order valence-corrected chi connectivity index (χ2v) is 11.5. The van der Waals surface area contributed by atoms with E-state index in [-0.39, 0.29) is 11.9 Å². The third-order valence-electron chi connectivity index (χ3n) is 7.81. The summed E-state index contributed by atoms with van der Waals surface area (Å²) in [5.74, 6) is 1.01. The number of rotatable bonds is 20. The van der Waals surface area contributed by atoms with Crippen LogP contribution in [0.15, 0.2) is 85.2 Å².